The van der Waals surface area contributed by atoms with Gasteiger partial charge in [0, 0.05) is 7.05 Å². The van der Waals surface area contributed by atoms with Gasteiger partial charge in [-0.05, 0) is 12.1 Å². The Morgan fingerprint density at radius 1 is 1.50 bits per heavy atom. The zero-order valence-corrected chi connectivity index (χ0v) is 6.87. The van der Waals surface area contributed by atoms with Crippen LogP contribution in [0.1, 0.15) is 10.5 Å². The monoisotopic (exact) mass is 167 g/mol. The largest absolute Gasteiger partial charge is 0.464 e. The average Bonchev–Trinajstić information content (AvgIpc) is 2.17. The first-order valence-electron chi connectivity index (χ1n) is 3.37. The molecule has 1 aromatic heterocycles. The molecule has 0 saturated carbocycles. The van der Waals surface area contributed by atoms with E-state index in [0.29, 0.717) is 5.82 Å². The van der Waals surface area contributed by atoms with Crippen LogP contribution in [0.5, 0.6) is 0 Å². The molecular weight excluding hydrogens is 158 g/mol. The van der Waals surface area contributed by atoms with E-state index in [0.717, 1.165) is 0 Å². The smallest absolute Gasteiger partial charge is 0.358 e. The first-order valence-corrected chi connectivity index (χ1v) is 3.37. The highest BCUT2D eigenvalue weighted by molar-refractivity contribution is 5.86. The second-order valence-electron chi connectivity index (χ2n) is 2.05. The molecule has 1 rings (SSSR count). The van der Waals surface area contributed by atoms with Crippen LogP contribution in [0.2, 0.25) is 0 Å². The van der Waals surface area contributed by atoms with Gasteiger partial charge in [0.05, 0.1) is 7.11 Å². The minimum Gasteiger partial charge on any atom is -0.464 e. The van der Waals surface area contributed by atoms with E-state index in [2.05, 4.69) is 20.3 Å². The van der Waals surface area contributed by atoms with Crippen LogP contribution in [-0.2, 0) is 4.74 Å². The van der Waals surface area contributed by atoms with Gasteiger partial charge in [-0.15, -0.1) is 10.2 Å². The van der Waals surface area contributed by atoms with Crippen LogP contribution in [0.4, 0.5) is 5.82 Å². The van der Waals surface area contributed by atoms with Gasteiger partial charge < -0.3 is 10.1 Å². The zero-order chi connectivity index (χ0) is 8.97. The topological polar surface area (TPSA) is 64.1 Å². The summed E-state index contributed by atoms with van der Waals surface area (Å²) in [5.41, 5.74) is 0.205. The van der Waals surface area contributed by atoms with Gasteiger partial charge >= 0.3 is 5.97 Å². The van der Waals surface area contributed by atoms with Crippen molar-refractivity contribution < 1.29 is 9.53 Å². The number of methoxy groups -OCH3 is 1. The fourth-order valence-corrected chi connectivity index (χ4v) is 0.679. The number of ether oxygens (including phenoxy) is 1. The molecule has 0 unspecified atom stereocenters. The quantitative estimate of drug-likeness (QED) is 0.642. The summed E-state index contributed by atoms with van der Waals surface area (Å²) in [5.74, 6) is 0.132. The molecule has 0 aliphatic heterocycles. The van der Waals surface area contributed by atoms with E-state index in [-0.39, 0.29) is 5.69 Å². The molecule has 0 amide bonds. The predicted octanol–water partition coefficient (Wildman–Crippen LogP) is 0.305. The maximum absolute atomic E-state index is 10.9. The van der Waals surface area contributed by atoms with Crippen molar-refractivity contribution in [1.82, 2.24) is 10.2 Å². The van der Waals surface area contributed by atoms with Crippen molar-refractivity contribution in [2.24, 2.45) is 0 Å². The maximum Gasteiger partial charge on any atom is 0.358 e. The fourth-order valence-electron chi connectivity index (χ4n) is 0.679. The van der Waals surface area contributed by atoms with Crippen molar-refractivity contribution in [3.8, 4) is 0 Å². The van der Waals surface area contributed by atoms with E-state index in [1.54, 1.807) is 19.2 Å². The Labute approximate surface area is 69.8 Å². The Morgan fingerprint density at radius 2 is 2.25 bits per heavy atom. The second-order valence-corrected chi connectivity index (χ2v) is 2.05. The van der Waals surface area contributed by atoms with Gasteiger partial charge in [0.25, 0.3) is 0 Å². The minimum absolute atomic E-state index is 0.205. The summed E-state index contributed by atoms with van der Waals surface area (Å²) in [7, 11) is 3.03. The normalized spacial score (nSPS) is 9.17. The summed E-state index contributed by atoms with van der Waals surface area (Å²) in [6, 6.07) is 3.20. The molecule has 1 heterocycles. The third-order valence-corrected chi connectivity index (χ3v) is 1.32. The van der Waals surface area contributed by atoms with Gasteiger partial charge in [0.15, 0.2) is 5.69 Å². The molecule has 0 radical (unpaired) electrons. The standard InChI is InChI=1S/C7H9N3O2/c1-8-6-4-3-5(9-10-6)7(11)12-2/h3-4H,1-2H3,(H,8,10). The summed E-state index contributed by atoms with van der Waals surface area (Å²) < 4.78 is 4.45. The number of anilines is 1. The maximum atomic E-state index is 10.9. The molecule has 5 nitrogen and oxygen atoms in total. The molecule has 1 aromatic rings. The molecule has 1 N–H and O–H groups in total. The fraction of sp³-hybridized carbons (Fsp3) is 0.286. The molecule has 0 atom stereocenters. The molecule has 0 saturated heterocycles. The van der Waals surface area contributed by atoms with Crippen LogP contribution in [0.25, 0.3) is 0 Å². The first kappa shape index (κ1) is 8.45. The molecule has 12 heavy (non-hydrogen) atoms. The molecule has 5 heteroatoms. The number of nitrogens with one attached hydrogen (secondary N) is 1. The van der Waals surface area contributed by atoms with Crippen molar-refractivity contribution in [2.45, 2.75) is 0 Å². The molecular formula is C7H9N3O2. The highest BCUT2D eigenvalue weighted by Gasteiger charge is 2.06. The number of rotatable bonds is 2. The Balaban J connectivity index is 2.84. The third-order valence-electron chi connectivity index (χ3n) is 1.32. The lowest BCUT2D eigenvalue weighted by Crippen LogP contribution is -2.06. The summed E-state index contributed by atoms with van der Waals surface area (Å²) >= 11 is 0. The predicted molar refractivity (Wildman–Crippen MR) is 42.9 cm³/mol. The molecule has 0 aliphatic rings. The van der Waals surface area contributed by atoms with E-state index in [9.17, 15) is 4.79 Å². The summed E-state index contributed by atoms with van der Waals surface area (Å²) in [4.78, 5) is 10.9. The van der Waals surface area contributed by atoms with Gasteiger partial charge in [0.2, 0.25) is 0 Å². The van der Waals surface area contributed by atoms with E-state index in [1.165, 1.54) is 7.11 Å². The van der Waals surface area contributed by atoms with Gasteiger partial charge in [-0.2, -0.15) is 0 Å². The van der Waals surface area contributed by atoms with Crippen molar-refractivity contribution >= 4 is 11.8 Å². The molecule has 0 fully saturated rings. The number of carbonyl (C=O) groups excluding carboxylic acids is 1. The summed E-state index contributed by atoms with van der Waals surface area (Å²) in [6.07, 6.45) is 0. The Bertz CT molecular complexity index is 270. The van der Waals surface area contributed by atoms with Crippen molar-refractivity contribution in [3.05, 3.63) is 17.8 Å². The summed E-state index contributed by atoms with van der Waals surface area (Å²) in [5, 5.41) is 10.1. The van der Waals surface area contributed by atoms with Crippen LogP contribution in [0.15, 0.2) is 12.1 Å². The van der Waals surface area contributed by atoms with Crippen LogP contribution in [0, 0.1) is 0 Å². The highest BCUT2D eigenvalue weighted by Crippen LogP contribution is 2.00. The van der Waals surface area contributed by atoms with E-state index in [4.69, 9.17) is 0 Å². The molecule has 0 bridgehead atoms. The second kappa shape index (κ2) is 3.66. The van der Waals surface area contributed by atoms with Crippen molar-refractivity contribution in [2.75, 3.05) is 19.5 Å². The van der Waals surface area contributed by atoms with E-state index in [1.807, 2.05) is 0 Å². The van der Waals surface area contributed by atoms with E-state index >= 15 is 0 Å². The molecule has 0 spiro atoms. The number of nitrogens with zero attached hydrogens (tertiary/aromatic N) is 2. The lowest BCUT2D eigenvalue weighted by molar-refractivity contribution is 0.0593. The number of hydrogen-bond donors (Lipinski definition) is 1. The van der Waals surface area contributed by atoms with Gasteiger partial charge in [-0.3, -0.25) is 0 Å². The molecule has 64 valence electrons. The average molecular weight is 167 g/mol. The first-order chi connectivity index (χ1) is 5.77. The number of aromatic nitrogens is 2. The lowest BCUT2D eigenvalue weighted by atomic mass is 10.4. The SMILES string of the molecule is CNc1ccc(C(=O)OC)nn1. The molecule has 0 aliphatic carbocycles. The van der Waals surface area contributed by atoms with Gasteiger partial charge in [0.1, 0.15) is 5.82 Å². The summed E-state index contributed by atoms with van der Waals surface area (Å²) in [6.45, 7) is 0. The lowest BCUT2D eigenvalue weighted by Gasteiger charge is -1.98. The highest BCUT2D eigenvalue weighted by atomic mass is 16.5. The van der Waals surface area contributed by atoms with Crippen molar-refractivity contribution in [1.29, 1.82) is 0 Å². The Morgan fingerprint density at radius 3 is 2.67 bits per heavy atom. The van der Waals surface area contributed by atoms with Crippen LogP contribution in [-0.4, -0.2) is 30.3 Å². The van der Waals surface area contributed by atoms with E-state index < -0.39 is 5.97 Å². The third kappa shape index (κ3) is 1.69. The van der Waals surface area contributed by atoms with Crippen LogP contribution in [0.3, 0.4) is 0 Å². The molecule has 0 aromatic carbocycles. The number of carbonyl (C=O) groups is 1. The minimum atomic E-state index is -0.481. The Hall–Kier alpha value is -1.65. The van der Waals surface area contributed by atoms with Crippen LogP contribution >= 0.6 is 0 Å². The van der Waals surface area contributed by atoms with Crippen molar-refractivity contribution in [3.63, 3.8) is 0 Å². The van der Waals surface area contributed by atoms with Crippen LogP contribution < -0.4 is 5.32 Å². The Kier molecular flexibility index (Phi) is 2.57. The van der Waals surface area contributed by atoms with Gasteiger partial charge in [-0.25, -0.2) is 4.79 Å². The zero-order valence-electron chi connectivity index (χ0n) is 6.87. The number of esters is 1. The number of hydrogen-bond acceptors (Lipinski definition) is 5. The van der Waals surface area contributed by atoms with Gasteiger partial charge in [-0.1, -0.05) is 0 Å².